The Morgan fingerprint density at radius 2 is 1.58 bits per heavy atom. The summed E-state index contributed by atoms with van der Waals surface area (Å²) in [7, 11) is 0. The molecule has 0 aliphatic heterocycles. The van der Waals surface area contributed by atoms with Crippen LogP contribution < -0.4 is 0 Å². The van der Waals surface area contributed by atoms with E-state index in [1.807, 2.05) is 43.3 Å². The number of aliphatic hydroxyl groups is 2. The molecule has 0 fully saturated rings. The molecule has 0 heterocycles. The van der Waals surface area contributed by atoms with Crippen molar-refractivity contribution in [2.24, 2.45) is 0 Å². The minimum Gasteiger partial charge on any atom is -0.508 e. The first-order chi connectivity index (χ1) is 11.6. The average Bonchev–Trinajstić information content (AvgIpc) is 2.61. The molecule has 2 rings (SSSR count). The Morgan fingerprint density at radius 1 is 0.958 bits per heavy atom. The maximum absolute atomic E-state index is 10.3. The zero-order chi connectivity index (χ0) is 17.4. The van der Waals surface area contributed by atoms with Crippen molar-refractivity contribution in [2.75, 3.05) is 0 Å². The molecule has 3 N–H and O–H groups in total. The predicted octanol–water partition coefficient (Wildman–Crippen LogP) is 4.43. The molecule has 0 amide bonds. The normalized spacial score (nSPS) is 13.0. The first kappa shape index (κ1) is 18.0. The summed E-state index contributed by atoms with van der Waals surface area (Å²) in [6, 6.07) is 16.1. The number of benzene rings is 2. The first-order valence-electron chi connectivity index (χ1n) is 8.23. The molecule has 0 saturated carbocycles. The number of phenolic OH excluding ortho intramolecular Hbond substituents is 1. The second kappa shape index (κ2) is 9.09. The topological polar surface area (TPSA) is 60.7 Å². The molecule has 0 aliphatic rings. The predicted molar refractivity (Wildman–Crippen MR) is 95.6 cm³/mol. The SMILES string of the molecule is CCC(=C=CC[C@@H](O)c1ccc(O)cc1)C[C@@H](O)c1ccccc1. The van der Waals surface area contributed by atoms with Crippen LogP contribution in [0.4, 0.5) is 0 Å². The van der Waals surface area contributed by atoms with Gasteiger partial charge in [0, 0.05) is 12.8 Å². The second-order valence-corrected chi connectivity index (χ2v) is 5.78. The van der Waals surface area contributed by atoms with E-state index in [-0.39, 0.29) is 5.75 Å². The van der Waals surface area contributed by atoms with E-state index in [9.17, 15) is 15.3 Å². The van der Waals surface area contributed by atoms with Crippen molar-refractivity contribution >= 4 is 0 Å². The molecule has 3 heteroatoms. The minimum absolute atomic E-state index is 0.185. The fraction of sp³-hybridized carbons (Fsp3) is 0.286. The van der Waals surface area contributed by atoms with Crippen LogP contribution in [0.15, 0.2) is 72.0 Å². The third-order valence-corrected chi connectivity index (χ3v) is 3.98. The molecule has 0 radical (unpaired) electrons. The van der Waals surface area contributed by atoms with E-state index in [4.69, 9.17) is 0 Å². The van der Waals surface area contributed by atoms with E-state index in [1.165, 1.54) is 0 Å². The Kier molecular flexibility index (Phi) is 6.83. The lowest BCUT2D eigenvalue weighted by Gasteiger charge is -2.11. The maximum Gasteiger partial charge on any atom is 0.115 e. The van der Waals surface area contributed by atoms with Gasteiger partial charge in [0.15, 0.2) is 0 Å². The second-order valence-electron chi connectivity index (χ2n) is 5.78. The number of phenols is 1. The maximum atomic E-state index is 10.3. The Labute approximate surface area is 143 Å². The lowest BCUT2D eigenvalue weighted by atomic mass is 10.00. The van der Waals surface area contributed by atoms with Crippen molar-refractivity contribution in [3.8, 4) is 5.75 Å². The van der Waals surface area contributed by atoms with Crippen LogP contribution in [0.1, 0.15) is 49.5 Å². The molecule has 2 aromatic rings. The first-order valence-corrected chi connectivity index (χ1v) is 8.23. The molecular formula is C21H24O3. The molecule has 2 aromatic carbocycles. The standard InChI is InChI=1S/C21H24O3/c1-2-16(15-21(24)17-8-4-3-5-9-17)7-6-10-20(23)18-11-13-19(22)14-12-18/h3-6,8-9,11-14,20-24H,2,10,15H2,1H3/t7?,20-,21-/m1/s1. The molecule has 3 nitrogen and oxygen atoms in total. The quantitative estimate of drug-likeness (QED) is 0.660. The molecule has 2 atom stereocenters. The molecule has 24 heavy (non-hydrogen) atoms. The van der Waals surface area contributed by atoms with Gasteiger partial charge in [0.2, 0.25) is 0 Å². The van der Waals surface area contributed by atoms with Gasteiger partial charge in [-0.2, -0.15) is 0 Å². The molecular weight excluding hydrogens is 300 g/mol. The van der Waals surface area contributed by atoms with Crippen LogP contribution in [-0.2, 0) is 0 Å². The third kappa shape index (κ3) is 5.39. The van der Waals surface area contributed by atoms with Crippen molar-refractivity contribution in [1.82, 2.24) is 0 Å². The Bertz CT molecular complexity index is 683. The van der Waals surface area contributed by atoms with E-state index in [1.54, 1.807) is 24.3 Å². The molecule has 126 valence electrons. The Morgan fingerprint density at radius 3 is 2.21 bits per heavy atom. The van der Waals surface area contributed by atoms with Crippen molar-refractivity contribution in [3.63, 3.8) is 0 Å². The summed E-state index contributed by atoms with van der Waals surface area (Å²) in [4.78, 5) is 0. The largest absolute Gasteiger partial charge is 0.508 e. The molecule has 0 aliphatic carbocycles. The average molecular weight is 324 g/mol. The van der Waals surface area contributed by atoms with Gasteiger partial charge in [-0.05, 0) is 41.3 Å². The van der Waals surface area contributed by atoms with Crippen LogP contribution in [0.3, 0.4) is 0 Å². The van der Waals surface area contributed by atoms with E-state index in [0.717, 1.165) is 23.1 Å². The van der Waals surface area contributed by atoms with Crippen molar-refractivity contribution in [2.45, 2.75) is 38.4 Å². The lowest BCUT2D eigenvalue weighted by Crippen LogP contribution is -1.98. The van der Waals surface area contributed by atoms with Crippen molar-refractivity contribution in [3.05, 3.63) is 83.1 Å². The number of aliphatic hydroxyl groups excluding tert-OH is 2. The van der Waals surface area contributed by atoms with Crippen LogP contribution in [-0.4, -0.2) is 15.3 Å². The summed E-state index contributed by atoms with van der Waals surface area (Å²) >= 11 is 0. The lowest BCUT2D eigenvalue weighted by molar-refractivity contribution is 0.177. The van der Waals surface area contributed by atoms with E-state index >= 15 is 0 Å². The summed E-state index contributed by atoms with van der Waals surface area (Å²) in [5.74, 6) is 0.185. The highest BCUT2D eigenvalue weighted by atomic mass is 16.3. The molecule has 0 aromatic heterocycles. The van der Waals surface area contributed by atoms with Gasteiger partial charge >= 0.3 is 0 Å². The fourth-order valence-electron chi connectivity index (χ4n) is 2.48. The summed E-state index contributed by atoms with van der Waals surface area (Å²) in [6.07, 6.45) is 2.42. The van der Waals surface area contributed by atoms with Crippen LogP contribution in [0.25, 0.3) is 0 Å². The summed E-state index contributed by atoms with van der Waals surface area (Å²) in [5.41, 5.74) is 5.88. The number of hydrogen-bond donors (Lipinski definition) is 3. The van der Waals surface area contributed by atoms with Crippen LogP contribution in [0.2, 0.25) is 0 Å². The highest BCUT2D eigenvalue weighted by molar-refractivity contribution is 5.27. The van der Waals surface area contributed by atoms with Gasteiger partial charge < -0.3 is 15.3 Å². The molecule has 0 bridgehead atoms. The van der Waals surface area contributed by atoms with Crippen molar-refractivity contribution in [1.29, 1.82) is 0 Å². The van der Waals surface area contributed by atoms with Gasteiger partial charge in [-0.1, -0.05) is 49.4 Å². The van der Waals surface area contributed by atoms with Gasteiger partial charge in [-0.3, -0.25) is 0 Å². The molecule has 0 saturated heterocycles. The van der Waals surface area contributed by atoms with E-state index < -0.39 is 12.2 Å². The van der Waals surface area contributed by atoms with Gasteiger partial charge in [-0.15, -0.1) is 5.73 Å². The minimum atomic E-state index is -0.629. The van der Waals surface area contributed by atoms with Crippen LogP contribution in [0.5, 0.6) is 5.75 Å². The van der Waals surface area contributed by atoms with Crippen molar-refractivity contribution < 1.29 is 15.3 Å². The number of aromatic hydroxyl groups is 1. The highest BCUT2D eigenvalue weighted by Crippen LogP contribution is 2.23. The van der Waals surface area contributed by atoms with Crippen LogP contribution in [0, 0.1) is 0 Å². The summed E-state index contributed by atoms with van der Waals surface area (Å²) in [5, 5.41) is 29.7. The van der Waals surface area contributed by atoms with Gasteiger partial charge in [0.05, 0.1) is 12.2 Å². The Hall–Kier alpha value is -2.32. The van der Waals surface area contributed by atoms with Gasteiger partial charge in [-0.25, -0.2) is 0 Å². The number of hydrogen-bond acceptors (Lipinski definition) is 3. The third-order valence-electron chi connectivity index (χ3n) is 3.98. The van der Waals surface area contributed by atoms with E-state index in [2.05, 4.69) is 5.73 Å². The molecule has 0 spiro atoms. The monoisotopic (exact) mass is 324 g/mol. The Balaban J connectivity index is 1.98. The number of rotatable bonds is 7. The fourth-order valence-corrected chi connectivity index (χ4v) is 2.48. The summed E-state index contributed by atoms with van der Waals surface area (Å²) in [6.45, 7) is 2.03. The molecule has 0 unspecified atom stereocenters. The smallest absolute Gasteiger partial charge is 0.115 e. The summed E-state index contributed by atoms with van der Waals surface area (Å²) < 4.78 is 0. The zero-order valence-corrected chi connectivity index (χ0v) is 13.9. The van der Waals surface area contributed by atoms with Gasteiger partial charge in [0.1, 0.15) is 5.75 Å². The van der Waals surface area contributed by atoms with Crippen LogP contribution >= 0.6 is 0 Å². The van der Waals surface area contributed by atoms with Gasteiger partial charge in [0.25, 0.3) is 0 Å². The van der Waals surface area contributed by atoms with E-state index in [0.29, 0.717) is 12.8 Å². The highest BCUT2D eigenvalue weighted by Gasteiger charge is 2.09. The zero-order valence-electron chi connectivity index (χ0n) is 13.9.